The number of aromatic nitrogens is 1. The van der Waals surface area contributed by atoms with Gasteiger partial charge in [-0.2, -0.15) is 4.39 Å². The summed E-state index contributed by atoms with van der Waals surface area (Å²) in [5.74, 6) is -1.31. The Bertz CT molecular complexity index is 308. The predicted octanol–water partition coefficient (Wildman–Crippen LogP) is -0.162. The van der Waals surface area contributed by atoms with Crippen LogP contribution in [0.4, 0.5) is 13.2 Å². The quantitative estimate of drug-likeness (QED) is 0.504. The van der Waals surface area contributed by atoms with Gasteiger partial charge in [-0.15, -0.1) is 0 Å². The molecule has 0 aliphatic rings. The summed E-state index contributed by atoms with van der Waals surface area (Å²) >= 11 is 0. The van der Waals surface area contributed by atoms with E-state index in [0.717, 1.165) is 6.20 Å². The van der Waals surface area contributed by atoms with Gasteiger partial charge in [0, 0.05) is 11.7 Å². The van der Waals surface area contributed by atoms with E-state index in [2.05, 4.69) is 4.98 Å². The second kappa shape index (κ2) is 3.76. The average molecular weight is 191 g/mol. The number of hydrogen-bond acceptors (Lipinski definition) is 3. The van der Waals surface area contributed by atoms with Crippen LogP contribution in [0, 0.1) is 5.95 Å². The van der Waals surface area contributed by atoms with Crippen molar-refractivity contribution in [1.29, 1.82) is 0 Å². The molecule has 1 aromatic heterocycles. The summed E-state index contributed by atoms with van der Waals surface area (Å²) < 4.78 is 36.6. The minimum Gasteiger partial charge on any atom is -0.423 e. The number of hydrogen-bond donors (Lipinski definition) is 2. The first kappa shape index (κ1) is 10.0. The van der Waals surface area contributed by atoms with Crippen LogP contribution in [0.25, 0.3) is 0 Å². The van der Waals surface area contributed by atoms with E-state index in [1.54, 1.807) is 0 Å². The van der Waals surface area contributed by atoms with Gasteiger partial charge in [0.15, 0.2) is 0 Å². The summed E-state index contributed by atoms with van der Waals surface area (Å²) in [6.45, 7) is 0. The normalized spacial score (nSPS) is 10.6. The van der Waals surface area contributed by atoms with Crippen LogP contribution in [0.2, 0.25) is 0 Å². The molecule has 0 aliphatic carbocycles. The molecule has 2 N–H and O–H groups in total. The first-order chi connectivity index (χ1) is 6.02. The van der Waals surface area contributed by atoms with Crippen molar-refractivity contribution >= 4 is 12.6 Å². The number of halogens is 3. The molecule has 0 saturated carbocycles. The van der Waals surface area contributed by atoms with Crippen LogP contribution < -0.4 is 5.46 Å². The number of pyridine rings is 1. The summed E-state index contributed by atoms with van der Waals surface area (Å²) in [4.78, 5) is 2.95. The molecule has 0 aromatic carbocycles. The molecule has 0 atom stereocenters. The van der Waals surface area contributed by atoms with E-state index in [9.17, 15) is 13.2 Å². The van der Waals surface area contributed by atoms with Gasteiger partial charge in [-0.1, -0.05) is 0 Å². The third kappa shape index (κ3) is 2.19. The summed E-state index contributed by atoms with van der Waals surface area (Å²) in [6, 6.07) is 0.664. The van der Waals surface area contributed by atoms with Crippen molar-refractivity contribution < 1.29 is 23.2 Å². The van der Waals surface area contributed by atoms with Crippen LogP contribution in [0.3, 0.4) is 0 Å². The fourth-order valence-corrected chi connectivity index (χ4v) is 0.776. The fourth-order valence-electron chi connectivity index (χ4n) is 0.776. The van der Waals surface area contributed by atoms with E-state index < -0.39 is 25.1 Å². The highest BCUT2D eigenvalue weighted by atomic mass is 19.3. The minimum atomic E-state index is -3.02. The highest BCUT2D eigenvalue weighted by Gasteiger charge is 2.19. The molecule has 0 aliphatic heterocycles. The Morgan fingerprint density at radius 1 is 1.38 bits per heavy atom. The standard InChI is InChI=1S/C6H5BF3NO2/c8-5(9)4-1-3(7(12)13)2-11-6(4)10/h1-2,5,12-13H. The maximum Gasteiger partial charge on any atom is 0.490 e. The molecule has 1 heterocycles. The van der Waals surface area contributed by atoms with Gasteiger partial charge in [-0.3, -0.25) is 0 Å². The largest absolute Gasteiger partial charge is 0.490 e. The topological polar surface area (TPSA) is 53.4 Å². The van der Waals surface area contributed by atoms with Crippen molar-refractivity contribution in [3.8, 4) is 0 Å². The Labute approximate surface area is 72.0 Å². The third-order valence-electron chi connectivity index (χ3n) is 1.42. The Morgan fingerprint density at radius 2 is 2.00 bits per heavy atom. The zero-order valence-corrected chi connectivity index (χ0v) is 6.28. The number of rotatable bonds is 2. The molecular weight excluding hydrogens is 186 g/mol. The van der Waals surface area contributed by atoms with E-state index in [-0.39, 0.29) is 5.46 Å². The molecule has 0 amide bonds. The van der Waals surface area contributed by atoms with Gasteiger partial charge in [0.2, 0.25) is 5.95 Å². The second-order valence-electron chi connectivity index (χ2n) is 2.32. The Hall–Kier alpha value is -1.08. The summed E-state index contributed by atoms with van der Waals surface area (Å²) in [5.41, 5.74) is -1.21. The molecule has 3 nitrogen and oxygen atoms in total. The predicted molar refractivity (Wildman–Crippen MR) is 39.0 cm³/mol. The van der Waals surface area contributed by atoms with Crippen LogP contribution >= 0.6 is 0 Å². The average Bonchev–Trinajstić information content (AvgIpc) is 2.04. The Balaban J connectivity index is 3.11. The van der Waals surface area contributed by atoms with Crippen molar-refractivity contribution in [2.45, 2.75) is 6.43 Å². The third-order valence-corrected chi connectivity index (χ3v) is 1.42. The molecule has 1 aromatic rings. The lowest BCUT2D eigenvalue weighted by atomic mass is 9.81. The first-order valence-electron chi connectivity index (χ1n) is 3.32. The maximum absolute atomic E-state index is 12.5. The molecule has 0 unspecified atom stereocenters. The molecule has 0 spiro atoms. The number of alkyl halides is 2. The van der Waals surface area contributed by atoms with Crippen LogP contribution in [-0.4, -0.2) is 22.2 Å². The first-order valence-corrected chi connectivity index (χ1v) is 3.32. The van der Waals surface area contributed by atoms with Gasteiger partial charge in [0.25, 0.3) is 6.43 Å². The van der Waals surface area contributed by atoms with Gasteiger partial charge in [0.1, 0.15) is 0 Å². The molecule has 13 heavy (non-hydrogen) atoms. The molecule has 0 radical (unpaired) electrons. The van der Waals surface area contributed by atoms with E-state index >= 15 is 0 Å². The zero-order chi connectivity index (χ0) is 10.0. The van der Waals surface area contributed by atoms with E-state index in [0.29, 0.717) is 6.07 Å². The smallest absolute Gasteiger partial charge is 0.423 e. The Morgan fingerprint density at radius 3 is 2.46 bits per heavy atom. The Kier molecular flexibility index (Phi) is 2.89. The highest BCUT2D eigenvalue weighted by molar-refractivity contribution is 6.58. The minimum absolute atomic E-state index is 0.267. The molecule has 0 fully saturated rings. The van der Waals surface area contributed by atoms with Gasteiger partial charge in [0.05, 0.1) is 5.56 Å². The van der Waals surface area contributed by atoms with Crippen LogP contribution in [0.5, 0.6) is 0 Å². The van der Waals surface area contributed by atoms with Crippen molar-refractivity contribution in [2.24, 2.45) is 0 Å². The summed E-state index contributed by atoms with van der Waals surface area (Å²) in [6.07, 6.45) is -2.24. The van der Waals surface area contributed by atoms with E-state index in [4.69, 9.17) is 10.0 Å². The van der Waals surface area contributed by atoms with E-state index in [1.165, 1.54) is 0 Å². The lowest BCUT2D eigenvalue weighted by Crippen LogP contribution is -2.31. The van der Waals surface area contributed by atoms with Crippen molar-refractivity contribution in [3.05, 3.63) is 23.8 Å². The second-order valence-corrected chi connectivity index (χ2v) is 2.32. The fraction of sp³-hybridized carbons (Fsp3) is 0.167. The van der Waals surface area contributed by atoms with Crippen molar-refractivity contribution in [1.82, 2.24) is 4.98 Å². The molecule has 1 rings (SSSR count). The monoisotopic (exact) mass is 191 g/mol. The SMILES string of the molecule is OB(O)c1cnc(F)c(C(F)F)c1. The van der Waals surface area contributed by atoms with Gasteiger partial charge < -0.3 is 10.0 Å². The molecule has 7 heteroatoms. The van der Waals surface area contributed by atoms with Crippen molar-refractivity contribution in [3.63, 3.8) is 0 Å². The van der Waals surface area contributed by atoms with Gasteiger partial charge >= 0.3 is 7.12 Å². The zero-order valence-electron chi connectivity index (χ0n) is 6.28. The summed E-state index contributed by atoms with van der Waals surface area (Å²) in [5, 5.41) is 17.1. The molecule has 0 saturated heterocycles. The molecule has 0 bridgehead atoms. The van der Waals surface area contributed by atoms with E-state index in [1.807, 2.05) is 0 Å². The van der Waals surface area contributed by atoms with Crippen LogP contribution in [0.15, 0.2) is 12.3 Å². The lowest BCUT2D eigenvalue weighted by molar-refractivity contribution is 0.145. The van der Waals surface area contributed by atoms with Crippen molar-refractivity contribution in [2.75, 3.05) is 0 Å². The van der Waals surface area contributed by atoms with Gasteiger partial charge in [-0.25, -0.2) is 13.8 Å². The molecular formula is C6H5BF3NO2. The maximum atomic E-state index is 12.5. The van der Waals surface area contributed by atoms with Crippen LogP contribution in [0.1, 0.15) is 12.0 Å². The summed E-state index contributed by atoms with van der Waals surface area (Å²) in [7, 11) is -1.93. The van der Waals surface area contributed by atoms with Crippen LogP contribution in [-0.2, 0) is 0 Å². The van der Waals surface area contributed by atoms with Gasteiger partial charge in [-0.05, 0) is 6.07 Å². The number of nitrogens with zero attached hydrogens (tertiary/aromatic N) is 1. The molecule has 70 valence electrons. The highest BCUT2D eigenvalue weighted by Crippen LogP contribution is 2.18. The lowest BCUT2D eigenvalue weighted by Gasteiger charge is -2.03.